The van der Waals surface area contributed by atoms with E-state index in [1.807, 2.05) is 36.7 Å². The van der Waals surface area contributed by atoms with Gasteiger partial charge in [-0.2, -0.15) is 0 Å². The summed E-state index contributed by atoms with van der Waals surface area (Å²) in [5.41, 5.74) is 0.913. The molecule has 3 nitrogen and oxygen atoms in total. The average molecular weight is 248 g/mol. The van der Waals surface area contributed by atoms with Gasteiger partial charge in [-0.1, -0.05) is 18.2 Å². The summed E-state index contributed by atoms with van der Waals surface area (Å²) in [6, 6.07) is 7.68. The third kappa shape index (κ3) is 2.84. The van der Waals surface area contributed by atoms with Crippen LogP contribution in [0.5, 0.6) is 5.75 Å². The molecular weight excluding hydrogens is 232 g/mol. The first kappa shape index (κ1) is 12.1. The van der Waals surface area contributed by atoms with Crippen LogP contribution < -0.4 is 5.32 Å². The fraction of sp³-hybridized carbons (Fsp3) is 0.308. The fourth-order valence-electron chi connectivity index (χ4n) is 1.84. The Kier molecular flexibility index (Phi) is 3.76. The molecule has 1 heterocycles. The van der Waals surface area contributed by atoms with E-state index in [1.165, 1.54) is 0 Å². The molecule has 2 unspecified atom stereocenters. The number of para-hydroxylation sites is 1. The molecule has 1 aromatic heterocycles. The Morgan fingerprint density at radius 1 is 1.24 bits per heavy atom. The number of phenols is 1. The van der Waals surface area contributed by atoms with Crippen molar-refractivity contribution < 1.29 is 5.11 Å². The molecule has 4 heteroatoms. The summed E-state index contributed by atoms with van der Waals surface area (Å²) in [5.74, 6) is 0.332. The summed E-state index contributed by atoms with van der Waals surface area (Å²) in [7, 11) is 0. The van der Waals surface area contributed by atoms with Crippen LogP contribution in [0.1, 0.15) is 36.5 Å². The van der Waals surface area contributed by atoms with Gasteiger partial charge in [0.05, 0.1) is 6.04 Å². The van der Waals surface area contributed by atoms with Crippen LogP contribution in [0.15, 0.2) is 35.8 Å². The summed E-state index contributed by atoms with van der Waals surface area (Å²) < 4.78 is 0. The van der Waals surface area contributed by atoms with Crippen molar-refractivity contribution in [2.75, 3.05) is 0 Å². The molecule has 0 spiro atoms. The third-order valence-corrected chi connectivity index (χ3v) is 3.68. The second-order valence-corrected chi connectivity index (χ2v) is 4.97. The predicted octanol–water partition coefficient (Wildman–Crippen LogP) is 3.26. The predicted molar refractivity (Wildman–Crippen MR) is 70.2 cm³/mol. The van der Waals surface area contributed by atoms with Gasteiger partial charge in [-0.3, -0.25) is 0 Å². The Balaban J connectivity index is 2.07. The molecular formula is C13H16N2OS. The molecule has 0 saturated carbocycles. The maximum absolute atomic E-state index is 9.77. The van der Waals surface area contributed by atoms with Gasteiger partial charge in [0.25, 0.3) is 0 Å². The second kappa shape index (κ2) is 5.29. The molecule has 1 aromatic carbocycles. The van der Waals surface area contributed by atoms with E-state index in [1.54, 1.807) is 17.4 Å². The van der Waals surface area contributed by atoms with E-state index >= 15 is 0 Å². The van der Waals surface area contributed by atoms with E-state index in [9.17, 15) is 5.11 Å². The van der Waals surface area contributed by atoms with Crippen LogP contribution in [0.25, 0.3) is 0 Å². The average Bonchev–Trinajstić information content (AvgIpc) is 2.82. The molecule has 2 rings (SSSR count). The van der Waals surface area contributed by atoms with E-state index in [0.29, 0.717) is 5.75 Å². The van der Waals surface area contributed by atoms with Crippen molar-refractivity contribution in [2.24, 2.45) is 0 Å². The van der Waals surface area contributed by atoms with Gasteiger partial charge in [0.2, 0.25) is 0 Å². The minimum atomic E-state index is 0.0927. The van der Waals surface area contributed by atoms with Crippen LogP contribution in [0.3, 0.4) is 0 Å². The third-order valence-electron chi connectivity index (χ3n) is 2.73. The Labute approximate surface area is 105 Å². The van der Waals surface area contributed by atoms with Gasteiger partial charge in [-0.25, -0.2) is 4.98 Å². The lowest BCUT2D eigenvalue weighted by Gasteiger charge is -2.19. The molecule has 0 amide bonds. The number of hydrogen-bond donors (Lipinski definition) is 2. The Hall–Kier alpha value is -1.39. The van der Waals surface area contributed by atoms with Crippen LogP contribution in [-0.4, -0.2) is 10.1 Å². The molecule has 90 valence electrons. The maximum Gasteiger partial charge on any atom is 0.120 e. The molecule has 2 aromatic rings. The summed E-state index contributed by atoms with van der Waals surface area (Å²) in [6.07, 6.45) is 1.81. The van der Waals surface area contributed by atoms with Crippen LogP contribution >= 0.6 is 11.3 Å². The first-order chi connectivity index (χ1) is 8.18. The monoisotopic (exact) mass is 248 g/mol. The minimum Gasteiger partial charge on any atom is -0.508 e. The zero-order valence-electron chi connectivity index (χ0n) is 9.92. The van der Waals surface area contributed by atoms with Gasteiger partial charge in [-0.15, -0.1) is 11.3 Å². The SMILES string of the molecule is CC(NC(C)c1ccccc1O)c1nccs1. The summed E-state index contributed by atoms with van der Waals surface area (Å²) in [4.78, 5) is 4.28. The lowest BCUT2D eigenvalue weighted by Crippen LogP contribution is -2.22. The molecule has 0 fully saturated rings. The van der Waals surface area contributed by atoms with Gasteiger partial charge in [0.1, 0.15) is 10.8 Å². The number of aromatic hydroxyl groups is 1. The van der Waals surface area contributed by atoms with Gasteiger partial charge in [0.15, 0.2) is 0 Å². The van der Waals surface area contributed by atoms with Crippen LogP contribution in [0, 0.1) is 0 Å². The number of rotatable bonds is 4. The van der Waals surface area contributed by atoms with Crippen LogP contribution in [-0.2, 0) is 0 Å². The highest BCUT2D eigenvalue weighted by Gasteiger charge is 2.14. The number of benzene rings is 1. The highest BCUT2D eigenvalue weighted by molar-refractivity contribution is 7.09. The molecule has 0 saturated heterocycles. The summed E-state index contributed by atoms with van der Waals surface area (Å²) in [6.45, 7) is 4.12. The number of aromatic nitrogens is 1. The number of hydrogen-bond acceptors (Lipinski definition) is 4. The molecule has 0 aliphatic heterocycles. The number of nitrogens with zero attached hydrogens (tertiary/aromatic N) is 1. The fourth-order valence-corrected chi connectivity index (χ4v) is 2.49. The molecule has 0 aliphatic carbocycles. The Morgan fingerprint density at radius 3 is 2.65 bits per heavy atom. The van der Waals surface area contributed by atoms with E-state index in [-0.39, 0.29) is 12.1 Å². The molecule has 0 bridgehead atoms. The smallest absolute Gasteiger partial charge is 0.120 e. The highest BCUT2D eigenvalue weighted by Crippen LogP contribution is 2.26. The standard InChI is InChI=1S/C13H16N2OS/c1-9(11-5-3-4-6-12(11)16)15-10(2)13-14-7-8-17-13/h3-10,15-16H,1-2H3. The molecule has 0 radical (unpaired) electrons. The Bertz CT molecular complexity index is 470. The normalized spacial score (nSPS) is 14.5. The zero-order valence-corrected chi connectivity index (χ0v) is 10.7. The molecule has 2 atom stereocenters. The maximum atomic E-state index is 9.77. The molecule has 2 N–H and O–H groups in total. The minimum absolute atomic E-state index is 0.0927. The first-order valence-corrected chi connectivity index (χ1v) is 6.49. The second-order valence-electron chi connectivity index (χ2n) is 4.04. The number of nitrogens with one attached hydrogen (secondary N) is 1. The quantitative estimate of drug-likeness (QED) is 0.873. The Morgan fingerprint density at radius 2 is 2.00 bits per heavy atom. The van der Waals surface area contributed by atoms with Gasteiger partial charge >= 0.3 is 0 Å². The van der Waals surface area contributed by atoms with Crippen molar-refractivity contribution in [3.05, 3.63) is 46.4 Å². The van der Waals surface area contributed by atoms with Crippen LogP contribution in [0.4, 0.5) is 0 Å². The first-order valence-electron chi connectivity index (χ1n) is 5.62. The molecule has 0 aliphatic rings. The van der Waals surface area contributed by atoms with Crippen molar-refractivity contribution >= 4 is 11.3 Å². The van der Waals surface area contributed by atoms with Crippen molar-refractivity contribution in [3.63, 3.8) is 0 Å². The van der Waals surface area contributed by atoms with Crippen molar-refractivity contribution in [3.8, 4) is 5.75 Å². The summed E-state index contributed by atoms with van der Waals surface area (Å²) in [5, 5.41) is 16.2. The van der Waals surface area contributed by atoms with E-state index in [4.69, 9.17) is 0 Å². The zero-order chi connectivity index (χ0) is 12.3. The topological polar surface area (TPSA) is 45.1 Å². The lowest BCUT2D eigenvalue weighted by molar-refractivity contribution is 0.438. The van der Waals surface area contributed by atoms with E-state index < -0.39 is 0 Å². The van der Waals surface area contributed by atoms with Gasteiger partial charge in [0, 0.05) is 23.2 Å². The number of thiazole rings is 1. The van der Waals surface area contributed by atoms with E-state index in [0.717, 1.165) is 10.6 Å². The van der Waals surface area contributed by atoms with E-state index in [2.05, 4.69) is 17.2 Å². The largest absolute Gasteiger partial charge is 0.508 e. The molecule has 17 heavy (non-hydrogen) atoms. The van der Waals surface area contributed by atoms with Crippen molar-refractivity contribution in [1.82, 2.24) is 10.3 Å². The van der Waals surface area contributed by atoms with Crippen molar-refractivity contribution in [1.29, 1.82) is 0 Å². The van der Waals surface area contributed by atoms with Crippen molar-refractivity contribution in [2.45, 2.75) is 25.9 Å². The van der Waals surface area contributed by atoms with Crippen LogP contribution in [0.2, 0.25) is 0 Å². The summed E-state index contributed by atoms with van der Waals surface area (Å²) >= 11 is 1.64. The number of phenolic OH excluding ortho intramolecular Hbond substituents is 1. The van der Waals surface area contributed by atoms with Gasteiger partial charge in [-0.05, 0) is 19.9 Å². The highest BCUT2D eigenvalue weighted by atomic mass is 32.1. The van der Waals surface area contributed by atoms with Gasteiger partial charge < -0.3 is 10.4 Å². The lowest BCUT2D eigenvalue weighted by atomic mass is 10.1.